The van der Waals surface area contributed by atoms with Gasteiger partial charge in [0.05, 0.1) is 0 Å². The number of nitrogens with zero attached hydrogens (tertiary/aromatic N) is 5. The molecule has 116 valence electrons. The van der Waals surface area contributed by atoms with E-state index in [2.05, 4.69) is 36.9 Å². The van der Waals surface area contributed by atoms with Crippen molar-refractivity contribution in [1.29, 1.82) is 0 Å². The molecule has 1 saturated heterocycles. The maximum absolute atomic E-state index is 4.56. The number of hydrogen-bond donors (Lipinski definition) is 0. The first-order valence-electron chi connectivity index (χ1n) is 7.81. The van der Waals surface area contributed by atoms with E-state index in [9.17, 15) is 0 Å². The molecule has 3 rings (SSSR count). The van der Waals surface area contributed by atoms with E-state index in [-0.39, 0.29) is 0 Å². The fourth-order valence-electron chi connectivity index (χ4n) is 3.01. The van der Waals surface area contributed by atoms with Crippen LogP contribution < -0.4 is 9.80 Å². The van der Waals surface area contributed by atoms with Gasteiger partial charge in [-0.15, -0.1) is 0 Å². The van der Waals surface area contributed by atoms with E-state index in [4.69, 9.17) is 0 Å². The van der Waals surface area contributed by atoms with Crippen LogP contribution in [0.15, 0.2) is 30.6 Å². The van der Waals surface area contributed by atoms with Crippen LogP contribution in [0.2, 0.25) is 0 Å². The lowest BCUT2D eigenvalue weighted by molar-refractivity contribution is 0.506. The number of rotatable bonds is 3. The maximum atomic E-state index is 4.56. The summed E-state index contributed by atoms with van der Waals surface area (Å²) in [6.07, 6.45) is 6.17. The summed E-state index contributed by atoms with van der Waals surface area (Å²) in [5.74, 6) is 3.43. The van der Waals surface area contributed by atoms with Gasteiger partial charge < -0.3 is 9.80 Å². The molecule has 0 aliphatic carbocycles. The maximum Gasteiger partial charge on any atom is 0.132 e. The van der Waals surface area contributed by atoms with Crippen LogP contribution in [-0.4, -0.2) is 42.1 Å². The van der Waals surface area contributed by atoms with Gasteiger partial charge in [-0.3, -0.25) is 0 Å². The SMILES string of the molecule is Cc1nccc(N2CCCC(c3ccnc(N(C)C)c3)C2)n1. The molecule has 0 saturated carbocycles. The number of piperidine rings is 1. The highest BCUT2D eigenvalue weighted by Gasteiger charge is 2.22. The molecule has 22 heavy (non-hydrogen) atoms. The Hall–Kier alpha value is -2.17. The van der Waals surface area contributed by atoms with Gasteiger partial charge in [-0.1, -0.05) is 0 Å². The number of anilines is 2. The van der Waals surface area contributed by atoms with Crippen LogP contribution in [0.4, 0.5) is 11.6 Å². The molecule has 1 aliphatic heterocycles. The quantitative estimate of drug-likeness (QED) is 0.871. The zero-order chi connectivity index (χ0) is 15.5. The number of hydrogen-bond acceptors (Lipinski definition) is 5. The molecule has 0 aromatic carbocycles. The summed E-state index contributed by atoms with van der Waals surface area (Å²) in [6.45, 7) is 4.02. The molecule has 2 aromatic rings. The fourth-order valence-corrected chi connectivity index (χ4v) is 3.01. The van der Waals surface area contributed by atoms with Crippen molar-refractivity contribution in [2.45, 2.75) is 25.7 Å². The Morgan fingerprint density at radius 2 is 2.00 bits per heavy atom. The Morgan fingerprint density at radius 1 is 1.18 bits per heavy atom. The monoisotopic (exact) mass is 297 g/mol. The van der Waals surface area contributed by atoms with E-state index >= 15 is 0 Å². The second-order valence-electron chi connectivity index (χ2n) is 6.09. The lowest BCUT2D eigenvalue weighted by Gasteiger charge is -2.34. The average Bonchev–Trinajstić information content (AvgIpc) is 2.55. The molecule has 0 N–H and O–H groups in total. The molecular weight excluding hydrogens is 274 g/mol. The molecule has 5 nitrogen and oxygen atoms in total. The highest BCUT2D eigenvalue weighted by atomic mass is 15.2. The summed E-state index contributed by atoms with van der Waals surface area (Å²) in [7, 11) is 4.06. The highest BCUT2D eigenvalue weighted by molar-refractivity contribution is 5.43. The van der Waals surface area contributed by atoms with Gasteiger partial charge in [0, 0.05) is 45.5 Å². The number of aryl methyl sites for hydroxylation is 1. The third-order valence-corrected chi connectivity index (χ3v) is 4.21. The van der Waals surface area contributed by atoms with Crippen molar-refractivity contribution >= 4 is 11.6 Å². The first-order valence-corrected chi connectivity index (χ1v) is 7.81. The van der Waals surface area contributed by atoms with Crippen LogP contribution in [-0.2, 0) is 0 Å². The van der Waals surface area contributed by atoms with Crippen LogP contribution in [0.3, 0.4) is 0 Å². The minimum Gasteiger partial charge on any atom is -0.363 e. The van der Waals surface area contributed by atoms with E-state index in [1.165, 1.54) is 18.4 Å². The first-order chi connectivity index (χ1) is 10.6. The molecule has 1 atom stereocenters. The van der Waals surface area contributed by atoms with Gasteiger partial charge in [-0.25, -0.2) is 15.0 Å². The molecule has 0 bridgehead atoms. The van der Waals surface area contributed by atoms with Gasteiger partial charge in [0.1, 0.15) is 17.5 Å². The van der Waals surface area contributed by atoms with Crippen molar-refractivity contribution in [2.24, 2.45) is 0 Å². The fraction of sp³-hybridized carbons (Fsp3) is 0.471. The summed E-state index contributed by atoms with van der Waals surface area (Å²) < 4.78 is 0. The van der Waals surface area contributed by atoms with Gasteiger partial charge in [-0.05, 0) is 43.5 Å². The molecular formula is C17H23N5. The molecule has 0 radical (unpaired) electrons. The van der Waals surface area contributed by atoms with E-state index in [0.29, 0.717) is 5.92 Å². The van der Waals surface area contributed by atoms with Crippen molar-refractivity contribution in [1.82, 2.24) is 15.0 Å². The Kier molecular flexibility index (Phi) is 4.22. The van der Waals surface area contributed by atoms with E-state index < -0.39 is 0 Å². The van der Waals surface area contributed by atoms with Crippen LogP contribution in [0.5, 0.6) is 0 Å². The normalized spacial score (nSPS) is 18.3. The molecule has 0 amide bonds. The molecule has 0 spiro atoms. The summed E-state index contributed by atoms with van der Waals surface area (Å²) in [5, 5.41) is 0. The standard InChI is InChI=1S/C17H23N5/c1-13-18-9-7-16(20-13)22-10-4-5-15(12-22)14-6-8-19-17(11-14)21(2)3/h6-9,11,15H,4-5,10,12H2,1-3H3. The van der Waals surface area contributed by atoms with Crippen molar-refractivity contribution in [3.05, 3.63) is 42.0 Å². The summed E-state index contributed by atoms with van der Waals surface area (Å²) in [4.78, 5) is 17.6. The Morgan fingerprint density at radius 3 is 2.77 bits per heavy atom. The van der Waals surface area contributed by atoms with Gasteiger partial charge in [0.2, 0.25) is 0 Å². The zero-order valence-corrected chi connectivity index (χ0v) is 13.5. The summed E-state index contributed by atoms with van der Waals surface area (Å²) in [5.41, 5.74) is 1.37. The van der Waals surface area contributed by atoms with Crippen molar-refractivity contribution in [2.75, 3.05) is 37.0 Å². The van der Waals surface area contributed by atoms with Gasteiger partial charge in [0.25, 0.3) is 0 Å². The lowest BCUT2D eigenvalue weighted by atomic mass is 9.91. The van der Waals surface area contributed by atoms with E-state index in [1.807, 2.05) is 39.5 Å². The number of pyridine rings is 1. The van der Waals surface area contributed by atoms with Crippen LogP contribution in [0.1, 0.15) is 30.1 Å². The first kappa shape index (κ1) is 14.8. The van der Waals surface area contributed by atoms with Crippen LogP contribution >= 0.6 is 0 Å². The van der Waals surface area contributed by atoms with Crippen LogP contribution in [0.25, 0.3) is 0 Å². The second kappa shape index (κ2) is 6.30. The van der Waals surface area contributed by atoms with E-state index in [0.717, 1.165) is 30.5 Å². The van der Waals surface area contributed by atoms with Crippen molar-refractivity contribution < 1.29 is 0 Å². The third-order valence-electron chi connectivity index (χ3n) is 4.21. The average molecular weight is 297 g/mol. The minimum atomic E-state index is 0.533. The molecule has 5 heteroatoms. The third kappa shape index (κ3) is 3.18. The largest absolute Gasteiger partial charge is 0.363 e. The molecule has 1 fully saturated rings. The van der Waals surface area contributed by atoms with Crippen molar-refractivity contribution in [3.8, 4) is 0 Å². The molecule has 1 aliphatic rings. The summed E-state index contributed by atoms with van der Waals surface area (Å²) in [6, 6.07) is 6.36. The molecule has 1 unspecified atom stereocenters. The van der Waals surface area contributed by atoms with Crippen molar-refractivity contribution in [3.63, 3.8) is 0 Å². The predicted molar refractivity (Wildman–Crippen MR) is 89.5 cm³/mol. The van der Waals surface area contributed by atoms with E-state index in [1.54, 1.807) is 0 Å². The number of aromatic nitrogens is 3. The topological polar surface area (TPSA) is 45.2 Å². The minimum absolute atomic E-state index is 0.533. The highest BCUT2D eigenvalue weighted by Crippen LogP contribution is 2.30. The van der Waals surface area contributed by atoms with Gasteiger partial charge >= 0.3 is 0 Å². The molecule has 2 aromatic heterocycles. The zero-order valence-electron chi connectivity index (χ0n) is 13.5. The summed E-state index contributed by atoms with van der Waals surface area (Å²) >= 11 is 0. The smallest absolute Gasteiger partial charge is 0.132 e. The van der Waals surface area contributed by atoms with Crippen LogP contribution in [0, 0.1) is 6.92 Å². The predicted octanol–water partition coefficient (Wildman–Crippen LogP) is 2.63. The van der Waals surface area contributed by atoms with Gasteiger partial charge in [-0.2, -0.15) is 0 Å². The Bertz CT molecular complexity index is 640. The Balaban J connectivity index is 1.79. The lowest BCUT2D eigenvalue weighted by Crippen LogP contribution is -2.35. The Labute approximate surface area is 132 Å². The second-order valence-corrected chi connectivity index (χ2v) is 6.09. The molecule has 3 heterocycles. The van der Waals surface area contributed by atoms with Gasteiger partial charge in [0.15, 0.2) is 0 Å².